The van der Waals surface area contributed by atoms with Gasteiger partial charge in [0.25, 0.3) is 5.91 Å². The summed E-state index contributed by atoms with van der Waals surface area (Å²) in [5, 5.41) is 3.62. The van der Waals surface area contributed by atoms with Crippen molar-refractivity contribution < 1.29 is 9.21 Å². The standard InChI is InChI=1S/C28H43NO3/c1-2-3-4-5-6-7-8-9-10-11-12-13-14-15-16-19-22-29-27(30)25-23-24-20-17-18-21-26(24)32-28(25)31/h17-18,20-21,23H,2-16,19,22H2,1H3,(H,29,30). The molecule has 0 saturated heterocycles. The third-order valence-electron chi connectivity index (χ3n) is 6.20. The average Bonchev–Trinajstić information content (AvgIpc) is 2.80. The minimum absolute atomic E-state index is 0.0835. The van der Waals surface area contributed by atoms with Gasteiger partial charge in [-0.1, -0.05) is 121 Å². The van der Waals surface area contributed by atoms with Crippen molar-refractivity contribution in [2.45, 2.75) is 110 Å². The summed E-state index contributed by atoms with van der Waals surface area (Å²) in [6, 6.07) is 8.85. The second-order valence-electron chi connectivity index (χ2n) is 9.04. The molecule has 0 spiro atoms. The molecule has 4 nitrogen and oxygen atoms in total. The van der Waals surface area contributed by atoms with E-state index in [9.17, 15) is 9.59 Å². The normalized spacial score (nSPS) is 11.2. The Hall–Kier alpha value is -2.10. The predicted octanol–water partition coefficient (Wildman–Crippen LogP) is 7.78. The molecule has 0 aliphatic carbocycles. The van der Waals surface area contributed by atoms with Gasteiger partial charge in [0.15, 0.2) is 0 Å². The smallest absolute Gasteiger partial charge is 0.349 e. The molecule has 32 heavy (non-hydrogen) atoms. The summed E-state index contributed by atoms with van der Waals surface area (Å²) < 4.78 is 5.23. The molecule has 1 heterocycles. The zero-order chi connectivity index (χ0) is 22.9. The van der Waals surface area contributed by atoms with Gasteiger partial charge in [-0.15, -0.1) is 0 Å². The second kappa shape index (κ2) is 16.5. The zero-order valence-corrected chi connectivity index (χ0v) is 20.1. The van der Waals surface area contributed by atoms with Gasteiger partial charge in [0.2, 0.25) is 0 Å². The molecule has 2 rings (SSSR count). The number of amides is 1. The summed E-state index contributed by atoms with van der Waals surface area (Å²) in [6.45, 7) is 2.87. The number of nitrogens with one attached hydrogen (secondary N) is 1. The number of unbranched alkanes of at least 4 members (excludes halogenated alkanes) is 15. The summed E-state index contributed by atoms with van der Waals surface area (Å²) in [5.41, 5.74) is 0.0141. The molecule has 0 fully saturated rings. The van der Waals surface area contributed by atoms with Gasteiger partial charge in [0.05, 0.1) is 0 Å². The molecule has 4 heteroatoms. The van der Waals surface area contributed by atoms with Crippen molar-refractivity contribution in [1.29, 1.82) is 0 Å². The summed E-state index contributed by atoms with van der Waals surface area (Å²) in [4.78, 5) is 24.3. The van der Waals surface area contributed by atoms with Crippen LogP contribution in [0.4, 0.5) is 0 Å². The lowest BCUT2D eigenvalue weighted by molar-refractivity contribution is 0.0949. The topological polar surface area (TPSA) is 59.3 Å². The Morgan fingerprint density at radius 1 is 0.750 bits per heavy atom. The van der Waals surface area contributed by atoms with Crippen molar-refractivity contribution in [3.8, 4) is 0 Å². The van der Waals surface area contributed by atoms with Gasteiger partial charge in [-0.05, 0) is 18.6 Å². The molecule has 0 aliphatic heterocycles. The van der Waals surface area contributed by atoms with Crippen molar-refractivity contribution in [3.05, 3.63) is 46.3 Å². The van der Waals surface area contributed by atoms with E-state index >= 15 is 0 Å². The second-order valence-corrected chi connectivity index (χ2v) is 9.04. The molecule has 1 aromatic heterocycles. The van der Waals surface area contributed by atoms with Crippen LogP contribution in [-0.2, 0) is 0 Å². The number of hydrogen-bond acceptors (Lipinski definition) is 3. The van der Waals surface area contributed by atoms with E-state index in [-0.39, 0.29) is 11.5 Å². The lowest BCUT2D eigenvalue weighted by Crippen LogP contribution is -2.29. The summed E-state index contributed by atoms with van der Waals surface area (Å²) in [5.74, 6) is -0.342. The number of rotatable bonds is 18. The van der Waals surface area contributed by atoms with E-state index in [4.69, 9.17) is 4.42 Å². The third kappa shape index (κ3) is 10.5. The lowest BCUT2D eigenvalue weighted by Gasteiger charge is -2.06. The highest BCUT2D eigenvalue weighted by Crippen LogP contribution is 2.14. The first kappa shape index (κ1) is 26.2. The largest absolute Gasteiger partial charge is 0.422 e. The predicted molar refractivity (Wildman–Crippen MR) is 134 cm³/mol. The molecule has 0 radical (unpaired) electrons. The van der Waals surface area contributed by atoms with Crippen LogP contribution in [0.5, 0.6) is 0 Å². The van der Waals surface area contributed by atoms with E-state index in [1.54, 1.807) is 12.1 Å². The van der Waals surface area contributed by atoms with Crippen LogP contribution in [0, 0.1) is 0 Å². The highest BCUT2D eigenvalue weighted by Gasteiger charge is 2.12. The van der Waals surface area contributed by atoms with Crippen molar-refractivity contribution >= 4 is 16.9 Å². The van der Waals surface area contributed by atoms with Gasteiger partial charge < -0.3 is 9.73 Å². The van der Waals surface area contributed by atoms with Crippen molar-refractivity contribution in [3.63, 3.8) is 0 Å². The SMILES string of the molecule is CCCCCCCCCCCCCCCCCCNC(=O)c1cc2ccccc2oc1=O. The van der Waals surface area contributed by atoms with Crippen LogP contribution in [0.1, 0.15) is 120 Å². The first-order valence-electron chi connectivity index (χ1n) is 13.0. The van der Waals surface area contributed by atoms with E-state index in [2.05, 4.69) is 12.2 Å². The molecule has 1 amide bonds. The number of para-hydroxylation sites is 1. The number of carbonyl (C=O) groups is 1. The number of carbonyl (C=O) groups excluding carboxylic acids is 1. The molecule has 0 unspecified atom stereocenters. The molecular formula is C28H43NO3. The zero-order valence-electron chi connectivity index (χ0n) is 20.1. The van der Waals surface area contributed by atoms with Gasteiger partial charge >= 0.3 is 5.63 Å². The highest BCUT2D eigenvalue weighted by atomic mass is 16.4. The summed E-state index contributed by atoms with van der Waals surface area (Å²) >= 11 is 0. The van der Waals surface area contributed by atoms with E-state index in [1.165, 1.54) is 89.9 Å². The van der Waals surface area contributed by atoms with Crippen LogP contribution < -0.4 is 10.9 Å². The molecule has 1 N–H and O–H groups in total. The number of benzene rings is 1. The summed E-state index contributed by atoms with van der Waals surface area (Å²) in [7, 11) is 0. The lowest BCUT2D eigenvalue weighted by atomic mass is 10.0. The quantitative estimate of drug-likeness (QED) is 0.190. The Balaban J connectivity index is 1.42. The van der Waals surface area contributed by atoms with E-state index in [0.717, 1.165) is 18.2 Å². The monoisotopic (exact) mass is 441 g/mol. The average molecular weight is 442 g/mol. The van der Waals surface area contributed by atoms with Gasteiger partial charge in [0.1, 0.15) is 11.1 Å². The van der Waals surface area contributed by atoms with E-state index in [0.29, 0.717) is 12.1 Å². The fraction of sp³-hybridized carbons (Fsp3) is 0.643. The molecule has 0 aliphatic rings. The van der Waals surface area contributed by atoms with Crippen molar-refractivity contribution in [2.24, 2.45) is 0 Å². The number of fused-ring (bicyclic) bond motifs is 1. The molecule has 2 aromatic rings. The Kier molecular flexibility index (Phi) is 13.5. The van der Waals surface area contributed by atoms with Gasteiger partial charge in [-0.2, -0.15) is 0 Å². The van der Waals surface area contributed by atoms with Crippen LogP contribution in [0.2, 0.25) is 0 Å². The first-order valence-corrected chi connectivity index (χ1v) is 13.0. The van der Waals surface area contributed by atoms with Crippen molar-refractivity contribution in [2.75, 3.05) is 6.54 Å². The highest BCUT2D eigenvalue weighted by molar-refractivity contribution is 5.96. The summed E-state index contributed by atoms with van der Waals surface area (Å²) in [6.07, 6.45) is 21.3. The molecule has 0 saturated carbocycles. The van der Waals surface area contributed by atoms with Crippen LogP contribution >= 0.6 is 0 Å². The molecule has 1 aromatic carbocycles. The Morgan fingerprint density at radius 2 is 1.25 bits per heavy atom. The first-order chi connectivity index (χ1) is 15.7. The maximum atomic E-state index is 12.3. The van der Waals surface area contributed by atoms with Crippen LogP contribution in [-0.4, -0.2) is 12.5 Å². The Bertz CT molecular complexity index is 827. The third-order valence-corrected chi connectivity index (χ3v) is 6.20. The van der Waals surface area contributed by atoms with Crippen LogP contribution in [0.25, 0.3) is 11.0 Å². The van der Waals surface area contributed by atoms with Crippen molar-refractivity contribution in [1.82, 2.24) is 5.32 Å². The van der Waals surface area contributed by atoms with Crippen LogP contribution in [0.3, 0.4) is 0 Å². The van der Waals surface area contributed by atoms with Gasteiger partial charge in [0, 0.05) is 11.9 Å². The van der Waals surface area contributed by atoms with Gasteiger partial charge in [-0.25, -0.2) is 4.79 Å². The maximum absolute atomic E-state index is 12.3. The Morgan fingerprint density at radius 3 is 1.81 bits per heavy atom. The Labute approximate surface area is 194 Å². The molecule has 0 bridgehead atoms. The fourth-order valence-corrected chi connectivity index (χ4v) is 4.19. The minimum Gasteiger partial charge on any atom is -0.422 e. The number of hydrogen-bond donors (Lipinski definition) is 1. The minimum atomic E-state index is -0.576. The molecule has 0 atom stereocenters. The maximum Gasteiger partial charge on any atom is 0.349 e. The van der Waals surface area contributed by atoms with E-state index < -0.39 is 5.63 Å². The molecular weight excluding hydrogens is 398 g/mol. The molecule has 178 valence electrons. The fourth-order valence-electron chi connectivity index (χ4n) is 4.19. The van der Waals surface area contributed by atoms with Gasteiger partial charge in [-0.3, -0.25) is 4.79 Å². The van der Waals surface area contributed by atoms with Crippen LogP contribution in [0.15, 0.2) is 39.5 Å². The van der Waals surface area contributed by atoms with E-state index in [1.807, 2.05) is 18.2 Å².